The summed E-state index contributed by atoms with van der Waals surface area (Å²) in [7, 11) is 0. The van der Waals surface area contributed by atoms with Gasteiger partial charge in [-0.15, -0.1) is 29.8 Å². The van der Waals surface area contributed by atoms with Gasteiger partial charge in [0.05, 0.1) is 0 Å². The molecular formula is C36H37CoN2O-. The largest absolute Gasteiger partial charge is 0.473 e. The van der Waals surface area contributed by atoms with Crippen LogP contribution in [0.1, 0.15) is 47.2 Å². The van der Waals surface area contributed by atoms with Crippen molar-refractivity contribution in [3.05, 3.63) is 150 Å². The van der Waals surface area contributed by atoms with E-state index < -0.39 is 0 Å². The fourth-order valence-corrected chi connectivity index (χ4v) is 5.51. The predicted molar refractivity (Wildman–Crippen MR) is 164 cm³/mol. The van der Waals surface area contributed by atoms with E-state index in [0.717, 1.165) is 36.4 Å². The van der Waals surface area contributed by atoms with Crippen molar-refractivity contribution < 1.29 is 21.5 Å². The van der Waals surface area contributed by atoms with Crippen LogP contribution in [0.4, 0.5) is 11.4 Å². The van der Waals surface area contributed by atoms with Gasteiger partial charge in [0.15, 0.2) is 6.73 Å². The number of para-hydroxylation sites is 2. The van der Waals surface area contributed by atoms with E-state index in [1.54, 1.807) is 0 Å². The summed E-state index contributed by atoms with van der Waals surface area (Å²) < 4.78 is 6.27. The molecule has 0 bridgehead atoms. The van der Waals surface area contributed by atoms with Crippen molar-refractivity contribution in [2.24, 2.45) is 0 Å². The van der Waals surface area contributed by atoms with Gasteiger partial charge in [0.1, 0.15) is 5.75 Å². The minimum absolute atomic E-state index is 0. The van der Waals surface area contributed by atoms with Crippen LogP contribution < -0.4 is 15.0 Å². The van der Waals surface area contributed by atoms with Crippen LogP contribution in [0.2, 0.25) is 0 Å². The van der Waals surface area contributed by atoms with Gasteiger partial charge in [0, 0.05) is 46.8 Å². The molecule has 0 spiro atoms. The first-order valence-corrected chi connectivity index (χ1v) is 13.6. The van der Waals surface area contributed by atoms with Gasteiger partial charge in [-0.2, -0.15) is 18.2 Å². The number of nitrogens with one attached hydrogen (secondary N) is 1. The molecule has 1 aliphatic rings. The van der Waals surface area contributed by atoms with Gasteiger partial charge in [-0.05, 0) is 59.4 Å². The summed E-state index contributed by atoms with van der Waals surface area (Å²) in [5, 5.41) is 3.54. The molecule has 4 aromatic rings. The van der Waals surface area contributed by atoms with Crippen molar-refractivity contribution >= 4 is 11.4 Å². The standard InChI is InChI=1S/C36H37N2O.Co/c1-5-13-28-20-19-27(24-37-31-15-9-7-10-16-31)21-33(28)36(3,4)34-22-30-25-38(32-17-11-8-12-18-32)26-39-35(30)23-29(34)14-6-2;/h5-12,15-18,20-23,37H,1-2,13-14,24-26H2,3-4H3;/q-1;. The number of anilines is 2. The Morgan fingerprint density at radius 2 is 1.55 bits per heavy atom. The van der Waals surface area contributed by atoms with Crippen LogP contribution in [-0.4, -0.2) is 6.73 Å². The molecule has 0 amide bonds. The molecule has 0 aliphatic carbocycles. The second-order valence-corrected chi connectivity index (χ2v) is 10.7. The SMILES string of the molecule is C=CCc1c[c-]c(CNc2ccccc2)cc1C(C)(C)c1cc2c(cc1CC=C)OCN(c1ccccc1)C2.[Co]. The molecule has 207 valence electrons. The number of ether oxygens (including phenoxy) is 1. The molecule has 4 aromatic carbocycles. The Morgan fingerprint density at radius 1 is 0.900 bits per heavy atom. The average Bonchev–Trinajstić information content (AvgIpc) is 2.97. The molecule has 1 aliphatic heterocycles. The van der Waals surface area contributed by atoms with Gasteiger partial charge in [0.25, 0.3) is 0 Å². The maximum absolute atomic E-state index is 6.27. The molecule has 4 heteroatoms. The van der Waals surface area contributed by atoms with Crippen molar-refractivity contribution in [2.75, 3.05) is 16.9 Å². The third kappa shape index (κ3) is 6.35. The van der Waals surface area contributed by atoms with E-state index >= 15 is 0 Å². The summed E-state index contributed by atoms with van der Waals surface area (Å²) in [6.07, 6.45) is 5.55. The molecule has 0 aromatic heterocycles. The Bertz CT molecular complexity index is 1450. The van der Waals surface area contributed by atoms with Crippen molar-refractivity contribution in [3.8, 4) is 5.75 Å². The van der Waals surface area contributed by atoms with Crippen molar-refractivity contribution in [1.82, 2.24) is 0 Å². The molecule has 1 heterocycles. The van der Waals surface area contributed by atoms with Gasteiger partial charge in [-0.1, -0.05) is 68.8 Å². The third-order valence-corrected chi connectivity index (χ3v) is 7.57. The molecule has 1 radical (unpaired) electrons. The van der Waals surface area contributed by atoms with E-state index in [9.17, 15) is 0 Å². The second-order valence-electron chi connectivity index (χ2n) is 10.7. The van der Waals surface area contributed by atoms with Gasteiger partial charge in [-0.3, -0.25) is 0 Å². The summed E-state index contributed by atoms with van der Waals surface area (Å²) in [4.78, 5) is 2.28. The van der Waals surface area contributed by atoms with Gasteiger partial charge in [0.2, 0.25) is 0 Å². The van der Waals surface area contributed by atoms with Crippen molar-refractivity contribution in [3.63, 3.8) is 0 Å². The number of fused-ring (bicyclic) bond motifs is 1. The fraction of sp³-hybridized carbons (Fsp3) is 0.222. The summed E-state index contributed by atoms with van der Waals surface area (Å²) in [6.45, 7) is 14.8. The van der Waals surface area contributed by atoms with E-state index in [4.69, 9.17) is 4.74 Å². The fourth-order valence-electron chi connectivity index (χ4n) is 5.51. The molecule has 3 nitrogen and oxygen atoms in total. The summed E-state index contributed by atoms with van der Waals surface area (Å²) in [6, 6.07) is 33.4. The van der Waals surface area contributed by atoms with E-state index in [1.807, 2.05) is 36.4 Å². The Hall–Kier alpha value is -3.73. The summed E-state index contributed by atoms with van der Waals surface area (Å²) >= 11 is 0. The summed E-state index contributed by atoms with van der Waals surface area (Å²) in [5.74, 6) is 0.971. The van der Waals surface area contributed by atoms with E-state index in [-0.39, 0.29) is 22.2 Å². The minimum atomic E-state index is -0.253. The van der Waals surface area contributed by atoms with Crippen molar-refractivity contribution in [2.45, 2.75) is 45.2 Å². The Balaban J connectivity index is 0.00000370. The molecule has 0 atom stereocenters. The maximum Gasteiger partial charge on any atom is 0.161 e. The molecule has 0 saturated carbocycles. The molecule has 0 saturated heterocycles. The number of hydrogen-bond acceptors (Lipinski definition) is 3. The number of benzene rings is 4. The monoisotopic (exact) mass is 572 g/mol. The quantitative estimate of drug-likeness (QED) is 0.153. The van der Waals surface area contributed by atoms with Crippen LogP contribution in [0.5, 0.6) is 5.75 Å². The predicted octanol–water partition coefficient (Wildman–Crippen LogP) is 8.24. The van der Waals surface area contributed by atoms with Crippen LogP contribution in [-0.2, 0) is 48.1 Å². The van der Waals surface area contributed by atoms with Gasteiger partial charge < -0.3 is 15.0 Å². The Kier molecular flexibility index (Phi) is 9.57. The van der Waals surface area contributed by atoms with Crippen molar-refractivity contribution in [1.29, 1.82) is 0 Å². The average molecular weight is 573 g/mol. The molecule has 0 fully saturated rings. The number of allylic oxidation sites excluding steroid dienone is 2. The first kappa shape index (κ1) is 29.3. The maximum atomic E-state index is 6.27. The first-order valence-electron chi connectivity index (χ1n) is 13.6. The number of hydrogen-bond donors (Lipinski definition) is 1. The molecule has 0 unspecified atom stereocenters. The van der Waals surface area contributed by atoms with Crippen LogP contribution in [0.3, 0.4) is 0 Å². The van der Waals surface area contributed by atoms with Crippen LogP contribution in [0.25, 0.3) is 0 Å². The Morgan fingerprint density at radius 3 is 2.25 bits per heavy atom. The Labute approximate surface area is 249 Å². The number of nitrogens with zero attached hydrogens (tertiary/aromatic N) is 1. The topological polar surface area (TPSA) is 24.5 Å². The van der Waals surface area contributed by atoms with Crippen LogP contribution in [0.15, 0.2) is 110 Å². The van der Waals surface area contributed by atoms with E-state index in [0.29, 0.717) is 13.3 Å². The normalized spacial score (nSPS) is 12.5. The zero-order valence-electron chi connectivity index (χ0n) is 23.4. The smallest absolute Gasteiger partial charge is 0.161 e. The zero-order chi connectivity index (χ0) is 27.2. The van der Waals surface area contributed by atoms with Gasteiger partial charge >= 0.3 is 0 Å². The second kappa shape index (κ2) is 13.1. The van der Waals surface area contributed by atoms with Gasteiger partial charge in [-0.25, -0.2) is 0 Å². The van der Waals surface area contributed by atoms with E-state index in [1.165, 1.54) is 33.5 Å². The summed E-state index contributed by atoms with van der Waals surface area (Å²) in [5.41, 5.74) is 9.47. The van der Waals surface area contributed by atoms with Crippen LogP contribution in [0, 0.1) is 6.07 Å². The first-order chi connectivity index (χ1) is 19.0. The van der Waals surface area contributed by atoms with E-state index in [2.05, 4.69) is 104 Å². The molecule has 1 N–H and O–H groups in total. The van der Waals surface area contributed by atoms with Crippen LogP contribution >= 0.6 is 0 Å². The number of rotatable bonds is 10. The molecule has 5 rings (SSSR count). The molecular weight excluding hydrogens is 535 g/mol. The molecule has 40 heavy (non-hydrogen) atoms. The zero-order valence-corrected chi connectivity index (χ0v) is 24.4. The third-order valence-electron chi connectivity index (χ3n) is 7.57. The minimum Gasteiger partial charge on any atom is -0.473 e.